The smallest absolute Gasteiger partial charge is 0.504 e. The highest BCUT2D eigenvalue weighted by atomic mass is 17.0. The van der Waals surface area contributed by atoms with Crippen molar-refractivity contribution >= 4 is 24.9 Å². The summed E-state index contributed by atoms with van der Waals surface area (Å²) in [7, 11) is 0. The van der Waals surface area contributed by atoms with Crippen LogP contribution in [0, 0.1) is 28.6 Å². The molecule has 6 fully saturated rings. The molecule has 7 rings (SSSR count). The fraction of sp³-hybridized carbons (Fsp3) is 0.889. The van der Waals surface area contributed by atoms with E-state index in [1.807, 2.05) is 74.5 Å². The van der Waals surface area contributed by atoms with Gasteiger partial charge in [-0.3, -0.25) is 4.79 Å². The van der Waals surface area contributed by atoms with Gasteiger partial charge in [-0.1, -0.05) is 67.5 Å². The van der Waals surface area contributed by atoms with Gasteiger partial charge < -0.3 is 63.0 Å². The first-order valence-electron chi connectivity index (χ1n) is 23.3. The second kappa shape index (κ2) is 17.9. The van der Waals surface area contributed by atoms with E-state index in [1.165, 1.54) is 0 Å². The van der Waals surface area contributed by atoms with Crippen LogP contribution in [0.1, 0.15) is 140 Å². The molecule has 17 heteroatoms. The minimum atomic E-state index is -3.53. The molecule has 9 bridgehead atoms. The van der Waals surface area contributed by atoms with Crippen molar-refractivity contribution in [2.75, 3.05) is 0 Å². The average Bonchev–Trinajstić information content (AvgIpc) is 3.84. The van der Waals surface area contributed by atoms with Gasteiger partial charge in [0.1, 0.15) is 24.4 Å². The van der Waals surface area contributed by atoms with E-state index in [4.69, 9.17) is 52.8 Å². The van der Waals surface area contributed by atoms with E-state index < -0.39 is 126 Å². The Kier molecular flexibility index (Phi) is 13.8. The van der Waals surface area contributed by atoms with E-state index in [2.05, 4.69) is 0 Å². The lowest BCUT2D eigenvalue weighted by atomic mass is 9.73. The minimum absolute atomic E-state index is 0.142. The monoisotopic (exact) mass is 879 g/mol. The lowest BCUT2D eigenvalue weighted by Gasteiger charge is -2.52. The number of hydrogen-bond donors (Lipinski definition) is 3. The molecule has 7 aliphatic rings. The van der Waals surface area contributed by atoms with Crippen LogP contribution in [-0.4, -0.2) is 120 Å². The summed E-state index contributed by atoms with van der Waals surface area (Å²) in [5.74, 6) is -7.31. The number of aliphatic hydroxyl groups is 2. The van der Waals surface area contributed by atoms with E-state index in [0.29, 0.717) is 64.2 Å². The van der Waals surface area contributed by atoms with Crippen LogP contribution in [0.15, 0.2) is 12.2 Å². The van der Waals surface area contributed by atoms with Gasteiger partial charge in [0.15, 0.2) is 23.8 Å². The summed E-state index contributed by atoms with van der Waals surface area (Å²) in [6.45, 7) is 15.1. The predicted molar refractivity (Wildman–Crippen MR) is 223 cm³/mol. The van der Waals surface area contributed by atoms with Gasteiger partial charge in [-0.05, 0) is 77.6 Å². The Balaban J connectivity index is 1.36. The van der Waals surface area contributed by atoms with Gasteiger partial charge in [-0.15, -0.1) is 0 Å². The molecule has 0 aromatic rings. The second-order valence-electron chi connectivity index (χ2n) is 20.9. The number of nitrogens with two attached hydrogens (primary N) is 1. The van der Waals surface area contributed by atoms with Crippen molar-refractivity contribution in [1.82, 2.24) is 0 Å². The molecule has 352 valence electrons. The molecule has 0 amide bonds. The van der Waals surface area contributed by atoms with Gasteiger partial charge in [0.05, 0.1) is 36.6 Å². The van der Waals surface area contributed by atoms with Crippen molar-refractivity contribution in [3.05, 3.63) is 12.2 Å². The molecule has 6 saturated heterocycles. The Hall–Kier alpha value is -2.19. The zero-order chi connectivity index (χ0) is 45.2. The quantitative estimate of drug-likeness (QED) is 0.149. The Morgan fingerprint density at radius 1 is 0.790 bits per heavy atom. The SMILES string of the molecule is CC(C)C(N)C(=O)O[C@H](C)[C@@H]1C/C=C\CC[C@H](O)C(C)(C)[C@@H]2CC[C@@H](C)C3(O2)O[B-]24O[C@H]3C(=O)O[C@H]3C[C@@H](CCC[C@@H](O)C(C)(C)[C@H]5CC[C@@H](C)[C@@](O5)(O2)[C@@H](O4)C(=O)O1)O[C@@H]3C. The summed E-state index contributed by atoms with van der Waals surface area (Å²) in [6.07, 6.45) is -0.362. The first-order chi connectivity index (χ1) is 29.0. The van der Waals surface area contributed by atoms with Crippen LogP contribution in [-0.2, 0) is 61.4 Å². The van der Waals surface area contributed by atoms with E-state index in [-0.39, 0.29) is 18.4 Å². The first kappa shape index (κ1) is 47.8. The largest absolute Gasteiger partial charge is 0.536 e. The van der Waals surface area contributed by atoms with Crippen molar-refractivity contribution in [2.24, 2.45) is 34.3 Å². The Morgan fingerprint density at radius 2 is 1.34 bits per heavy atom. The third-order valence-electron chi connectivity index (χ3n) is 15.5. The summed E-state index contributed by atoms with van der Waals surface area (Å²) in [4.78, 5) is 42.9. The number of hydrogen-bond acceptors (Lipinski definition) is 16. The van der Waals surface area contributed by atoms with Gasteiger partial charge in [0.25, 0.3) is 0 Å². The Morgan fingerprint density at radius 3 is 1.90 bits per heavy atom. The van der Waals surface area contributed by atoms with E-state index in [9.17, 15) is 19.8 Å². The topological polar surface area (TPSA) is 210 Å². The molecular weight excluding hydrogens is 805 g/mol. The summed E-state index contributed by atoms with van der Waals surface area (Å²) in [5.41, 5.74) is 4.48. The maximum Gasteiger partial charge on any atom is 0.536 e. The maximum absolute atomic E-state index is 15.0. The number of allylic oxidation sites excluding steroid dienone is 1. The molecule has 62 heavy (non-hydrogen) atoms. The number of cyclic esters (lactones) is 1. The minimum Gasteiger partial charge on any atom is -0.504 e. The highest BCUT2D eigenvalue weighted by Gasteiger charge is 2.73. The van der Waals surface area contributed by atoms with Crippen molar-refractivity contribution < 1.29 is 71.6 Å². The number of aliphatic hydroxyl groups excluding tert-OH is 2. The van der Waals surface area contributed by atoms with Crippen LogP contribution >= 0.6 is 0 Å². The molecule has 7 heterocycles. The van der Waals surface area contributed by atoms with E-state index in [1.54, 1.807) is 6.92 Å². The molecule has 4 N–H and O–H groups in total. The lowest BCUT2D eigenvalue weighted by Crippen LogP contribution is -2.61. The van der Waals surface area contributed by atoms with E-state index >= 15 is 4.79 Å². The molecule has 0 saturated carbocycles. The van der Waals surface area contributed by atoms with Gasteiger partial charge in [-0.25, -0.2) is 9.59 Å². The molecule has 3 spiro atoms. The second-order valence-corrected chi connectivity index (χ2v) is 20.9. The Bertz CT molecular complexity index is 1680. The summed E-state index contributed by atoms with van der Waals surface area (Å²) in [6, 6.07) is -0.902. The summed E-state index contributed by atoms with van der Waals surface area (Å²) < 4.78 is 66.0. The molecule has 3 unspecified atom stereocenters. The zero-order valence-corrected chi connectivity index (χ0v) is 38.4. The summed E-state index contributed by atoms with van der Waals surface area (Å²) >= 11 is 0. The number of esters is 3. The predicted octanol–water partition coefficient (Wildman–Crippen LogP) is 4.89. The van der Waals surface area contributed by atoms with Crippen LogP contribution in [0.25, 0.3) is 0 Å². The third-order valence-corrected chi connectivity index (χ3v) is 15.5. The third kappa shape index (κ3) is 8.78. The molecular formula is C45H73BNO15-. The average molecular weight is 879 g/mol. The van der Waals surface area contributed by atoms with Gasteiger partial charge in [-0.2, -0.15) is 0 Å². The molecule has 0 aliphatic carbocycles. The number of carbonyl (C=O) groups is 3. The Labute approximate surface area is 366 Å². The number of carbonyl (C=O) groups excluding carboxylic acids is 3. The first-order valence-corrected chi connectivity index (χ1v) is 23.3. The van der Waals surface area contributed by atoms with Crippen LogP contribution in [0.2, 0.25) is 0 Å². The van der Waals surface area contributed by atoms with Crippen LogP contribution in [0.5, 0.6) is 0 Å². The van der Waals surface area contributed by atoms with E-state index in [0.717, 1.165) is 0 Å². The van der Waals surface area contributed by atoms with Crippen molar-refractivity contribution in [2.45, 2.75) is 225 Å². The molecule has 0 radical (unpaired) electrons. The van der Waals surface area contributed by atoms with Crippen molar-refractivity contribution in [3.63, 3.8) is 0 Å². The number of fused-ring (bicyclic) bond motifs is 6. The highest BCUT2D eigenvalue weighted by molar-refractivity contribution is 6.56. The molecule has 0 aromatic carbocycles. The highest BCUT2D eigenvalue weighted by Crippen LogP contribution is 2.57. The number of rotatable bonds is 4. The lowest BCUT2D eigenvalue weighted by molar-refractivity contribution is -0.311. The van der Waals surface area contributed by atoms with Crippen LogP contribution in [0.4, 0.5) is 0 Å². The summed E-state index contributed by atoms with van der Waals surface area (Å²) in [5, 5.41) is 23.6. The van der Waals surface area contributed by atoms with Crippen molar-refractivity contribution in [1.29, 1.82) is 0 Å². The zero-order valence-electron chi connectivity index (χ0n) is 38.4. The van der Waals surface area contributed by atoms with Crippen LogP contribution < -0.4 is 5.73 Å². The molecule has 16 nitrogen and oxygen atoms in total. The maximum atomic E-state index is 15.0. The van der Waals surface area contributed by atoms with Gasteiger partial charge >= 0.3 is 24.9 Å². The normalized spacial score (nSPS) is 46.3. The molecule has 0 aromatic heterocycles. The van der Waals surface area contributed by atoms with Gasteiger partial charge in [0, 0.05) is 35.5 Å². The standard InChI is InChI=1S/C45H73BNO15/c1-24(2)36(47)39(50)54-27(5)30-16-12-11-13-17-32(48)42(7,8)34-21-19-26(4)45(57-34)38-41(52)56-31-23-29(53-28(31)6)15-14-18-33(49)43(9,10)35-22-20-25(3)44(58-35)37(40(51)55-30)59-46(60-38,61-44)62-45/h11-12,24-38,48-49H,13-23,47H2,1-10H3/q-1/b12-11-/t25-,26-,27-,28-,29-,30+,31+,32+,33-,34+,35-,36?,37+,38+,44-,45?,46?/m1/s1. The van der Waals surface area contributed by atoms with Crippen LogP contribution in [0.3, 0.4) is 0 Å². The number of ether oxygens (including phenoxy) is 6. The van der Waals surface area contributed by atoms with Crippen molar-refractivity contribution in [3.8, 4) is 0 Å². The fourth-order valence-electron chi connectivity index (χ4n) is 10.6. The fourth-order valence-corrected chi connectivity index (χ4v) is 10.6. The molecule has 7 aliphatic heterocycles. The van der Waals surface area contributed by atoms with Gasteiger partial charge in [0.2, 0.25) is 0 Å². The molecule has 17 atom stereocenters.